The van der Waals surface area contributed by atoms with Crippen LogP contribution in [0.2, 0.25) is 0 Å². The number of hydrogen-bond donors (Lipinski definition) is 0. The predicted octanol–water partition coefficient (Wildman–Crippen LogP) is 4.71. The van der Waals surface area contributed by atoms with Crippen molar-refractivity contribution >= 4 is 40.5 Å². The van der Waals surface area contributed by atoms with Gasteiger partial charge in [0.25, 0.3) is 17.0 Å². The molecule has 35 heavy (non-hydrogen) atoms. The first-order valence-corrected chi connectivity index (χ1v) is 11.0. The molecule has 11 heteroatoms. The largest absolute Gasteiger partial charge is 0.493 e. The summed E-state index contributed by atoms with van der Waals surface area (Å²) in [6.45, 7) is -0.356. The van der Waals surface area contributed by atoms with Crippen LogP contribution in [0.25, 0.3) is 6.08 Å². The third-order valence-corrected chi connectivity index (χ3v) is 5.82. The van der Waals surface area contributed by atoms with Crippen LogP contribution in [-0.2, 0) is 4.79 Å². The Hall–Kier alpha value is -4.51. The Morgan fingerprint density at radius 1 is 1.11 bits per heavy atom. The highest BCUT2D eigenvalue weighted by Gasteiger charge is 2.36. The summed E-state index contributed by atoms with van der Waals surface area (Å²) in [6.07, 6.45) is 2.86. The minimum Gasteiger partial charge on any atom is -0.493 e. The topological polar surface area (TPSA) is 129 Å². The van der Waals surface area contributed by atoms with Crippen LogP contribution >= 0.6 is 11.8 Å². The lowest BCUT2D eigenvalue weighted by Gasteiger charge is -2.11. The smallest absolute Gasteiger partial charge is 0.331 e. The van der Waals surface area contributed by atoms with E-state index in [2.05, 4.69) is 4.98 Å². The molecule has 0 unspecified atom stereocenters. The summed E-state index contributed by atoms with van der Waals surface area (Å²) in [6, 6.07) is 15.7. The maximum atomic E-state index is 12.8. The zero-order valence-corrected chi connectivity index (χ0v) is 19.1. The number of nitro groups is 1. The molecule has 1 fully saturated rings. The van der Waals surface area contributed by atoms with E-state index in [9.17, 15) is 24.5 Å². The van der Waals surface area contributed by atoms with Crippen LogP contribution in [0.1, 0.15) is 15.9 Å². The fraction of sp³-hybridized carbons (Fsp3) is 0.0833. The predicted molar refractivity (Wildman–Crippen MR) is 127 cm³/mol. The van der Waals surface area contributed by atoms with Crippen LogP contribution in [0.5, 0.6) is 17.4 Å². The van der Waals surface area contributed by atoms with Crippen molar-refractivity contribution in [2.45, 2.75) is 0 Å². The number of benzene rings is 2. The molecule has 0 atom stereocenters. The van der Waals surface area contributed by atoms with Crippen LogP contribution in [0.4, 0.5) is 10.5 Å². The van der Waals surface area contributed by atoms with Gasteiger partial charge in [0.1, 0.15) is 0 Å². The average molecular weight is 491 g/mol. The molecule has 0 spiro atoms. The second-order valence-electron chi connectivity index (χ2n) is 7.15. The Labute approximate surface area is 203 Å². The number of hydrogen-bond acceptors (Lipinski definition) is 9. The highest BCUT2D eigenvalue weighted by molar-refractivity contribution is 8.18. The van der Waals surface area contributed by atoms with Gasteiger partial charge in [-0.3, -0.25) is 29.4 Å². The number of ether oxygens (including phenoxy) is 2. The molecule has 4 rings (SSSR count). The van der Waals surface area contributed by atoms with E-state index in [4.69, 9.17) is 9.47 Å². The number of carbonyl (C=O) groups is 3. The Kier molecular flexibility index (Phi) is 6.88. The summed E-state index contributed by atoms with van der Waals surface area (Å²) < 4.78 is 10.9. The number of pyridine rings is 1. The van der Waals surface area contributed by atoms with Gasteiger partial charge in [0.05, 0.1) is 23.5 Å². The lowest BCUT2D eigenvalue weighted by Crippen LogP contribution is -2.33. The number of carbonyl (C=O) groups excluding carboxylic acids is 3. The number of rotatable bonds is 8. The molecule has 10 nitrogen and oxygen atoms in total. The van der Waals surface area contributed by atoms with E-state index in [0.29, 0.717) is 11.1 Å². The minimum absolute atomic E-state index is 0.145. The third kappa shape index (κ3) is 5.20. The fourth-order valence-corrected chi connectivity index (χ4v) is 4.05. The molecule has 1 aliphatic heterocycles. The lowest BCUT2D eigenvalue weighted by molar-refractivity contribution is -0.386. The number of thioether (sulfide) groups is 1. The van der Waals surface area contributed by atoms with Crippen molar-refractivity contribution in [1.29, 1.82) is 0 Å². The molecule has 0 saturated carbocycles. The summed E-state index contributed by atoms with van der Waals surface area (Å²) >= 11 is 0.729. The van der Waals surface area contributed by atoms with Crippen molar-refractivity contribution in [1.82, 2.24) is 9.88 Å². The van der Waals surface area contributed by atoms with Gasteiger partial charge in [0.2, 0.25) is 0 Å². The molecule has 176 valence electrons. The number of methoxy groups -OCH3 is 1. The van der Waals surface area contributed by atoms with E-state index < -0.39 is 16.1 Å². The number of imide groups is 1. The van der Waals surface area contributed by atoms with Crippen molar-refractivity contribution in [3.05, 3.63) is 93.0 Å². The first-order valence-electron chi connectivity index (χ1n) is 10.2. The van der Waals surface area contributed by atoms with Crippen molar-refractivity contribution < 1.29 is 28.8 Å². The zero-order chi connectivity index (χ0) is 24.9. The molecular formula is C24H17N3O7S. The number of nitrogens with zero attached hydrogens (tertiary/aromatic N) is 3. The molecule has 1 saturated heterocycles. The van der Waals surface area contributed by atoms with E-state index in [1.807, 2.05) is 0 Å². The molecule has 0 bridgehead atoms. The van der Waals surface area contributed by atoms with E-state index in [-0.39, 0.29) is 40.3 Å². The van der Waals surface area contributed by atoms with Gasteiger partial charge in [-0.1, -0.05) is 36.4 Å². The average Bonchev–Trinajstić information content (AvgIpc) is 3.12. The van der Waals surface area contributed by atoms with Gasteiger partial charge in [0, 0.05) is 17.8 Å². The van der Waals surface area contributed by atoms with Gasteiger partial charge >= 0.3 is 5.69 Å². The van der Waals surface area contributed by atoms with E-state index in [1.54, 1.807) is 42.5 Å². The molecule has 3 aromatic rings. The number of aromatic nitrogens is 1. The summed E-state index contributed by atoms with van der Waals surface area (Å²) in [7, 11) is 1.39. The number of amides is 2. The molecule has 0 radical (unpaired) electrons. The van der Waals surface area contributed by atoms with Crippen LogP contribution < -0.4 is 9.47 Å². The van der Waals surface area contributed by atoms with E-state index >= 15 is 0 Å². The minimum atomic E-state index is -0.609. The first kappa shape index (κ1) is 23.6. The fourth-order valence-electron chi connectivity index (χ4n) is 3.21. The van der Waals surface area contributed by atoms with E-state index in [0.717, 1.165) is 16.7 Å². The van der Waals surface area contributed by atoms with Crippen molar-refractivity contribution in [2.24, 2.45) is 0 Å². The van der Waals surface area contributed by atoms with Crippen molar-refractivity contribution in [3.63, 3.8) is 0 Å². The molecule has 2 aromatic carbocycles. The van der Waals surface area contributed by atoms with Crippen molar-refractivity contribution in [2.75, 3.05) is 13.7 Å². The highest BCUT2D eigenvalue weighted by Crippen LogP contribution is 2.37. The first-order chi connectivity index (χ1) is 16.9. The Morgan fingerprint density at radius 3 is 2.60 bits per heavy atom. The van der Waals surface area contributed by atoms with Crippen LogP contribution in [0.15, 0.2) is 71.8 Å². The maximum Gasteiger partial charge on any atom is 0.331 e. The second-order valence-corrected chi connectivity index (χ2v) is 8.15. The summed E-state index contributed by atoms with van der Waals surface area (Å²) in [4.78, 5) is 53.2. The quantitative estimate of drug-likeness (QED) is 0.190. The Bertz CT molecular complexity index is 1360. The number of ketones is 1. The molecule has 0 N–H and O–H groups in total. The number of Topliss-reactive ketones (excluding diaryl/α,β-unsaturated/α-hetero) is 1. The molecule has 1 aromatic heterocycles. The van der Waals surface area contributed by atoms with Gasteiger partial charge in [-0.2, -0.15) is 0 Å². The van der Waals surface area contributed by atoms with Gasteiger partial charge in [-0.25, -0.2) is 4.98 Å². The Morgan fingerprint density at radius 2 is 1.89 bits per heavy atom. The zero-order valence-electron chi connectivity index (χ0n) is 18.2. The molecule has 0 aliphatic carbocycles. The SMILES string of the molecule is COc1cc(/C=C2\SC(=O)N(CC(=O)c3ccccc3)C2=O)ccc1Oc1ncccc1[N+](=O)[O-]. The van der Waals surface area contributed by atoms with Crippen molar-refractivity contribution in [3.8, 4) is 17.4 Å². The van der Waals surface area contributed by atoms with Crippen LogP contribution in [-0.4, -0.2) is 45.4 Å². The highest BCUT2D eigenvalue weighted by atomic mass is 32.2. The monoisotopic (exact) mass is 491 g/mol. The van der Waals surface area contributed by atoms with Crippen LogP contribution in [0.3, 0.4) is 0 Å². The molecule has 1 aliphatic rings. The summed E-state index contributed by atoms with van der Waals surface area (Å²) in [5.74, 6) is -0.716. The Balaban J connectivity index is 1.54. The van der Waals surface area contributed by atoms with Gasteiger partial charge < -0.3 is 9.47 Å². The second kappa shape index (κ2) is 10.2. The normalized spacial score (nSPS) is 14.3. The molecular weight excluding hydrogens is 474 g/mol. The van der Waals surface area contributed by atoms with Crippen LogP contribution in [0, 0.1) is 10.1 Å². The third-order valence-electron chi connectivity index (χ3n) is 4.91. The van der Waals surface area contributed by atoms with E-state index in [1.165, 1.54) is 37.6 Å². The van der Waals surface area contributed by atoms with Gasteiger partial charge in [0.15, 0.2) is 17.3 Å². The molecule has 2 amide bonds. The summed E-state index contributed by atoms with van der Waals surface area (Å²) in [5, 5.41) is 10.7. The summed E-state index contributed by atoms with van der Waals surface area (Å²) in [5.41, 5.74) is 0.617. The maximum absolute atomic E-state index is 12.8. The molecule has 2 heterocycles. The standard InChI is InChI=1S/C24H17N3O7S/c1-33-20-12-15(9-10-19(20)34-22-17(27(31)32)8-5-11-25-22)13-21-23(29)26(24(30)35-21)14-18(28)16-6-3-2-4-7-16/h2-13H,14H2,1H3/b21-13-. The van der Waals surface area contributed by atoms with Gasteiger partial charge in [-0.05, 0) is 41.6 Å². The lowest BCUT2D eigenvalue weighted by atomic mass is 10.1. The van der Waals surface area contributed by atoms with Gasteiger partial charge in [-0.15, -0.1) is 0 Å².